The Morgan fingerprint density at radius 1 is 1.20 bits per heavy atom. The van der Waals surface area contributed by atoms with Crippen LogP contribution in [-0.2, 0) is 4.79 Å². The average Bonchev–Trinajstić information content (AvgIpc) is 3.29. The molecule has 6 nitrogen and oxygen atoms in total. The number of hydrogen-bond acceptors (Lipinski definition) is 5. The molecule has 2 unspecified atom stereocenters. The molecule has 2 heterocycles. The molecule has 0 saturated heterocycles. The van der Waals surface area contributed by atoms with Crippen molar-refractivity contribution < 1.29 is 19.1 Å². The average molecular weight is 431 g/mol. The SMILES string of the molecule is CCCCN(CC)C(=O)C1c2cc(OC)c(OC)cc2C(=O)N(C)C1c1cccs1. The lowest BCUT2D eigenvalue weighted by Gasteiger charge is -2.41. The Bertz CT molecular complexity index is 897. The number of likely N-dealkylation sites (N-methyl/N-ethyl adjacent to an activating group) is 2. The number of methoxy groups -OCH3 is 2. The van der Waals surface area contributed by atoms with E-state index in [9.17, 15) is 9.59 Å². The van der Waals surface area contributed by atoms with Crippen molar-refractivity contribution in [3.63, 3.8) is 0 Å². The van der Waals surface area contributed by atoms with Gasteiger partial charge in [0.25, 0.3) is 5.91 Å². The second-order valence-corrected chi connectivity index (χ2v) is 8.40. The number of hydrogen-bond donors (Lipinski definition) is 0. The molecular weight excluding hydrogens is 400 g/mol. The van der Waals surface area contributed by atoms with Crippen LogP contribution >= 0.6 is 11.3 Å². The maximum atomic E-state index is 13.8. The smallest absolute Gasteiger partial charge is 0.254 e. The van der Waals surface area contributed by atoms with Crippen LogP contribution in [0, 0.1) is 0 Å². The van der Waals surface area contributed by atoms with Gasteiger partial charge in [0.2, 0.25) is 5.91 Å². The number of carbonyl (C=O) groups excluding carboxylic acids is 2. The predicted molar refractivity (Wildman–Crippen MR) is 119 cm³/mol. The third kappa shape index (κ3) is 3.90. The summed E-state index contributed by atoms with van der Waals surface area (Å²) in [6.07, 6.45) is 1.96. The minimum absolute atomic E-state index is 0.0390. The van der Waals surface area contributed by atoms with Gasteiger partial charge in [-0.3, -0.25) is 9.59 Å². The normalized spacial score (nSPS) is 18.2. The predicted octanol–water partition coefficient (Wildman–Crippen LogP) is 4.32. The molecule has 30 heavy (non-hydrogen) atoms. The van der Waals surface area contributed by atoms with Crippen LogP contribution in [0.5, 0.6) is 11.5 Å². The molecular formula is C23H30N2O4S. The van der Waals surface area contributed by atoms with Gasteiger partial charge in [0.05, 0.1) is 26.2 Å². The van der Waals surface area contributed by atoms with E-state index in [-0.39, 0.29) is 17.9 Å². The van der Waals surface area contributed by atoms with Crippen LogP contribution in [-0.4, -0.2) is 56.0 Å². The first-order valence-electron chi connectivity index (χ1n) is 10.3. The van der Waals surface area contributed by atoms with Gasteiger partial charge in [-0.2, -0.15) is 0 Å². The first kappa shape index (κ1) is 22.2. The van der Waals surface area contributed by atoms with Crippen molar-refractivity contribution in [1.29, 1.82) is 0 Å². The third-order valence-corrected chi connectivity index (χ3v) is 6.69. The van der Waals surface area contributed by atoms with Crippen LogP contribution in [0.2, 0.25) is 0 Å². The highest BCUT2D eigenvalue weighted by Gasteiger charge is 2.45. The van der Waals surface area contributed by atoms with Crippen molar-refractivity contribution >= 4 is 23.2 Å². The molecule has 0 radical (unpaired) electrons. The van der Waals surface area contributed by atoms with Crippen LogP contribution in [0.25, 0.3) is 0 Å². The molecule has 1 aliphatic rings. The number of thiophene rings is 1. The molecule has 2 atom stereocenters. The molecule has 2 aromatic rings. The zero-order chi connectivity index (χ0) is 21.8. The Morgan fingerprint density at radius 3 is 2.47 bits per heavy atom. The topological polar surface area (TPSA) is 59.1 Å². The number of benzene rings is 1. The molecule has 0 bridgehead atoms. The van der Waals surface area contributed by atoms with Gasteiger partial charge in [-0.25, -0.2) is 0 Å². The summed E-state index contributed by atoms with van der Waals surface area (Å²) in [6.45, 7) is 5.46. The summed E-state index contributed by atoms with van der Waals surface area (Å²) in [6, 6.07) is 7.09. The van der Waals surface area contributed by atoms with Crippen LogP contribution in [0.15, 0.2) is 29.6 Å². The fourth-order valence-corrected chi connectivity index (χ4v) is 5.00. The lowest BCUT2D eigenvalue weighted by molar-refractivity contribution is -0.134. The molecule has 3 rings (SSSR count). The summed E-state index contributed by atoms with van der Waals surface area (Å²) < 4.78 is 10.9. The molecule has 0 aliphatic carbocycles. The van der Waals surface area contributed by atoms with E-state index in [0.29, 0.717) is 35.7 Å². The lowest BCUT2D eigenvalue weighted by Crippen LogP contribution is -2.47. The van der Waals surface area contributed by atoms with Gasteiger partial charge in [-0.05, 0) is 42.5 Å². The third-order valence-electron chi connectivity index (χ3n) is 5.75. The number of rotatable bonds is 8. The first-order chi connectivity index (χ1) is 14.5. The minimum Gasteiger partial charge on any atom is -0.493 e. The quantitative estimate of drug-likeness (QED) is 0.626. The van der Waals surface area contributed by atoms with E-state index >= 15 is 0 Å². The summed E-state index contributed by atoms with van der Waals surface area (Å²) in [5.41, 5.74) is 1.20. The number of nitrogens with zero attached hydrogens (tertiary/aromatic N) is 2. The molecule has 0 saturated carbocycles. The summed E-state index contributed by atoms with van der Waals surface area (Å²) in [7, 11) is 4.88. The van der Waals surface area contributed by atoms with Gasteiger partial charge >= 0.3 is 0 Å². The number of amides is 2. The van der Waals surface area contributed by atoms with Crippen molar-refractivity contribution in [1.82, 2.24) is 9.80 Å². The molecule has 0 fully saturated rings. The maximum absolute atomic E-state index is 13.8. The molecule has 0 N–H and O–H groups in total. The summed E-state index contributed by atoms with van der Waals surface area (Å²) in [5.74, 6) is 0.421. The molecule has 7 heteroatoms. The van der Waals surface area contributed by atoms with Gasteiger partial charge in [0.1, 0.15) is 0 Å². The highest BCUT2D eigenvalue weighted by Crippen LogP contribution is 2.47. The van der Waals surface area contributed by atoms with Crippen LogP contribution in [0.3, 0.4) is 0 Å². The molecule has 1 aliphatic heterocycles. The highest BCUT2D eigenvalue weighted by molar-refractivity contribution is 7.10. The van der Waals surface area contributed by atoms with Gasteiger partial charge in [-0.15, -0.1) is 11.3 Å². The Labute approximate surface area is 182 Å². The lowest BCUT2D eigenvalue weighted by atomic mass is 9.81. The van der Waals surface area contributed by atoms with Crippen LogP contribution in [0.4, 0.5) is 0 Å². The molecule has 0 spiro atoms. The Morgan fingerprint density at radius 2 is 1.90 bits per heavy atom. The van der Waals surface area contributed by atoms with E-state index < -0.39 is 5.92 Å². The fraction of sp³-hybridized carbons (Fsp3) is 0.478. The van der Waals surface area contributed by atoms with E-state index in [2.05, 4.69) is 6.92 Å². The second-order valence-electron chi connectivity index (χ2n) is 7.42. The van der Waals surface area contributed by atoms with Crippen LogP contribution < -0.4 is 9.47 Å². The van der Waals surface area contributed by atoms with Crippen molar-refractivity contribution in [2.24, 2.45) is 0 Å². The maximum Gasteiger partial charge on any atom is 0.254 e. The van der Waals surface area contributed by atoms with E-state index in [4.69, 9.17) is 9.47 Å². The van der Waals surface area contributed by atoms with Gasteiger partial charge in [0.15, 0.2) is 11.5 Å². The van der Waals surface area contributed by atoms with E-state index in [1.807, 2.05) is 29.3 Å². The van der Waals surface area contributed by atoms with E-state index in [1.165, 1.54) is 0 Å². The minimum atomic E-state index is -0.502. The zero-order valence-electron chi connectivity index (χ0n) is 18.3. The number of fused-ring (bicyclic) bond motifs is 1. The molecule has 2 amide bonds. The van der Waals surface area contributed by atoms with Crippen molar-refractivity contribution in [3.05, 3.63) is 45.6 Å². The zero-order valence-corrected chi connectivity index (χ0v) is 19.1. The molecule has 162 valence electrons. The highest BCUT2D eigenvalue weighted by atomic mass is 32.1. The van der Waals surface area contributed by atoms with Gasteiger partial charge < -0.3 is 19.3 Å². The Hall–Kier alpha value is -2.54. The summed E-state index contributed by atoms with van der Waals surface area (Å²) >= 11 is 1.57. The monoisotopic (exact) mass is 430 g/mol. The second kappa shape index (κ2) is 9.51. The van der Waals surface area contributed by atoms with Gasteiger partial charge in [0, 0.05) is 30.6 Å². The van der Waals surface area contributed by atoms with Crippen molar-refractivity contribution in [3.8, 4) is 11.5 Å². The fourth-order valence-electron chi connectivity index (χ4n) is 4.10. The van der Waals surface area contributed by atoms with Crippen LogP contribution in [0.1, 0.15) is 59.4 Å². The number of carbonyl (C=O) groups is 2. The van der Waals surface area contributed by atoms with Crippen molar-refractivity contribution in [2.45, 2.75) is 38.6 Å². The Kier molecular flexibility index (Phi) is 7.02. The standard InChI is InChI=1S/C23H30N2O4S/c1-6-8-11-25(7-2)23(27)20-15-13-17(28-4)18(29-5)14-16(15)22(26)24(3)21(20)19-10-9-12-30-19/h9-10,12-14,20-21H,6-8,11H2,1-5H3. The summed E-state index contributed by atoms with van der Waals surface area (Å²) in [5, 5.41) is 1.98. The number of ether oxygens (including phenoxy) is 2. The Balaban J connectivity index is 2.19. The van der Waals surface area contributed by atoms with E-state index in [1.54, 1.807) is 49.6 Å². The van der Waals surface area contributed by atoms with Crippen molar-refractivity contribution in [2.75, 3.05) is 34.4 Å². The summed E-state index contributed by atoms with van der Waals surface area (Å²) in [4.78, 5) is 31.7. The molecule has 1 aromatic carbocycles. The molecule has 1 aromatic heterocycles. The largest absolute Gasteiger partial charge is 0.493 e. The van der Waals surface area contributed by atoms with E-state index in [0.717, 1.165) is 17.7 Å². The van der Waals surface area contributed by atoms with Gasteiger partial charge in [-0.1, -0.05) is 19.4 Å². The first-order valence-corrected chi connectivity index (χ1v) is 11.2. The number of unbranched alkanes of at least 4 members (excludes halogenated alkanes) is 1.